The smallest absolute Gasteiger partial charge is 0.305 e. The summed E-state index contributed by atoms with van der Waals surface area (Å²) >= 11 is 0. The molecule has 4 nitrogen and oxygen atoms in total. The minimum Gasteiger partial charge on any atom is -0.507 e. The fraction of sp³-hybridized carbons (Fsp3) is 0.300. The van der Waals surface area contributed by atoms with Gasteiger partial charge in [0, 0.05) is 5.22 Å². The van der Waals surface area contributed by atoms with E-state index in [1.807, 2.05) is 12.1 Å². The van der Waals surface area contributed by atoms with Gasteiger partial charge in [-0.05, 0) is 18.2 Å². The molecule has 0 saturated carbocycles. The van der Waals surface area contributed by atoms with Crippen molar-refractivity contribution < 1.29 is 20.1 Å². The topological polar surface area (TPSA) is 77.8 Å². The van der Waals surface area contributed by atoms with E-state index in [1.54, 1.807) is 6.07 Å². The van der Waals surface area contributed by atoms with Crippen LogP contribution in [0.3, 0.4) is 0 Å². The highest BCUT2D eigenvalue weighted by molar-refractivity contribution is 5.67. The average Bonchev–Trinajstić information content (AvgIpc) is 1.98. The first-order valence-corrected chi connectivity index (χ1v) is 4.24. The van der Waals surface area contributed by atoms with Crippen LogP contribution in [-0.2, 0) is 4.79 Å². The second kappa shape index (κ2) is 4.11. The molecule has 0 fully saturated rings. The first kappa shape index (κ1) is 10.5. The quantitative estimate of drug-likeness (QED) is 0.665. The van der Waals surface area contributed by atoms with Gasteiger partial charge in [-0.25, -0.2) is 0 Å². The molecule has 0 spiro atoms. The van der Waals surface area contributed by atoms with Crippen LogP contribution in [0, 0.1) is 10.4 Å². The molecule has 0 aromatic rings. The van der Waals surface area contributed by atoms with Crippen LogP contribution in [-0.4, -0.2) is 27.4 Å². The van der Waals surface area contributed by atoms with Crippen LogP contribution >= 0.6 is 0 Å². The zero-order valence-corrected chi connectivity index (χ0v) is 7.77. The number of carboxylic acid groups (broad SMARTS) is 1. The van der Waals surface area contributed by atoms with Crippen molar-refractivity contribution in [3.05, 3.63) is 28.6 Å². The average molecular weight is 196 g/mol. The lowest BCUT2D eigenvalue weighted by atomic mass is 10.1. The third-order valence-electron chi connectivity index (χ3n) is 1.78. The van der Waals surface area contributed by atoms with Crippen LogP contribution in [0.2, 0.25) is 0 Å². The Balaban J connectivity index is 0.000000140. The number of carboxylic acids is 1. The maximum atomic E-state index is 9.65. The summed E-state index contributed by atoms with van der Waals surface area (Å²) in [5, 5.41) is 27.2. The minimum absolute atomic E-state index is 0.167. The van der Waals surface area contributed by atoms with E-state index in [0.717, 1.165) is 5.22 Å². The zero-order valence-electron chi connectivity index (χ0n) is 7.77. The lowest BCUT2D eigenvalue weighted by Crippen LogP contribution is -2.07. The van der Waals surface area contributed by atoms with Gasteiger partial charge in [0.1, 0.15) is 5.75 Å². The van der Waals surface area contributed by atoms with Crippen molar-refractivity contribution in [3.63, 3.8) is 0 Å². The lowest BCUT2D eigenvalue weighted by molar-refractivity contribution is -0.138. The highest BCUT2D eigenvalue weighted by Crippen LogP contribution is 2.21. The van der Waals surface area contributed by atoms with E-state index < -0.39 is 12.1 Å². The minimum atomic E-state index is -0.963. The summed E-state index contributed by atoms with van der Waals surface area (Å²) < 4.78 is 0. The summed E-state index contributed by atoms with van der Waals surface area (Å²) in [5.74, 6) is -0.521. The molecule has 2 aliphatic carbocycles. The van der Waals surface area contributed by atoms with Gasteiger partial charge in [0.05, 0.1) is 12.5 Å². The van der Waals surface area contributed by atoms with Gasteiger partial charge in [0.25, 0.3) is 0 Å². The van der Waals surface area contributed by atoms with E-state index in [1.165, 1.54) is 12.1 Å². The van der Waals surface area contributed by atoms with Crippen molar-refractivity contribution in [2.45, 2.75) is 19.4 Å². The molecular weight excluding hydrogens is 184 g/mol. The number of hydrogen-bond donors (Lipinski definition) is 3. The largest absolute Gasteiger partial charge is 0.507 e. The number of benzene rings is 1. The molecule has 0 aliphatic heterocycles. The molecule has 2 aliphatic rings. The molecule has 14 heavy (non-hydrogen) atoms. The second-order valence-corrected chi connectivity index (χ2v) is 3.18. The maximum absolute atomic E-state index is 9.65. The van der Waals surface area contributed by atoms with E-state index in [4.69, 9.17) is 15.3 Å². The predicted octanol–water partition coefficient (Wildman–Crippen LogP) is 0.834. The Morgan fingerprint density at radius 1 is 1.50 bits per heavy atom. The van der Waals surface area contributed by atoms with Gasteiger partial charge in [-0.1, -0.05) is 12.1 Å². The van der Waals surface area contributed by atoms with Gasteiger partial charge in [-0.2, -0.15) is 0 Å². The van der Waals surface area contributed by atoms with Crippen LogP contribution in [0.5, 0.6) is 5.75 Å². The normalized spacial score (nSPS) is 12.4. The van der Waals surface area contributed by atoms with Crippen molar-refractivity contribution >= 4 is 5.97 Å². The zero-order chi connectivity index (χ0) is 10.7. The Bertz CT molecular complexity index is 422. The summed E-state index contributed by atoms with van der Waals surface area (Å²) in [7, 11) is 0. The molecule has 1 atom stereocenters. The third kappa shape index (κ3) is 2.47. The Hall–Kier alpha value is -1.55. The molecule has 4 heteroatoms. The number of aliphatic hydroxyl groups excluding tert-OH is 1. The van der Waals surface area contributed by atoms with E-state index in [2.05, 4.69) is 0 Å². The number of phenols is 1. The molecule has 0 radical (unpaired) electrons. The monoisotopic (exact) mass is 196 g/mol. The fourth-order valence-electron chi connectivity index (χ4n) is 1.02. The van der Waals surface area contributed by atoms with Crippen molar-refractivity contribution in [2.24, 2.45) is 0 Å². The van der Waals surface area contributed by atoms with E-state index >= 15 is 0 Å². The molecule has 0 saturated heterocycles. The summed E-state index contributed by atoms with van der Waals surface area (Å²) in [6.07, 6.45) is -0.891. The van der Waals surface area contributed by atoms with Crippen molar-refractivity contribution in [1.29, 1.82) is 0 Å². The molecule has 0 amide bonds. The SMILES string of the molecule is CC(O)CC(=O)O.Oc1cc2ccc1=2. The standard InChI is InChI=1S/C6H4O.C4H8O3/c7-6-3-4-1-2-5(4)6;1-3(5)2-4(6)7/h1-3,7H;3,5H,2H2,1H3,(H,6,7). The molecule has 0 aromatic carbocycles. The predicted molar refractivity (Wildman–Crippen MR) is 49.7 cm³/mol. The summed E-state index contributed by atoms with van der Waals surface area (Å²) in [5.41, 5.74) is 0. The molecule has 0 bridgehead atoms. The number of rotatable bonds is 2. The maximum Gasteiger partial charge on any atom is 0.305 e. The molecular formula is C10H12O4. The van der Waals surface area contributed by atoms with Gasteiger partial charge < -0.3 is 15.3 Å². The number of carbonyl (C=O) groups is 1. The fourth-order valence-corrected chi connectivity index (χ4v) is 1.02. The number of aliphatic carboxylic acids is 1. The Morgan fingerprint density at radius 2 is 2.14 bits per heavy atom. The number of phenolic OH excluding ortho intramolecular Hbond substituents is 1. The Kier molecular flexibility index (Phi) is 3.09. The molecule has 0 heterocycles. The van der Waals surface area contributed by atoms with Gasteiger partial charge in [-0.15, -0.1) is 0 Å². The van der Waals surface area contributed by atoms with Crippen LogP contribution in [0.1, 0.15) is 13.3 Å². The van der Waals surface area contributed by atoms with Gasteiger partial charge in [-0.3, -0.25) is 4.79 Å². The summed E-state index contributed by atoms with van der Waals surface area (Å²) in [4.78, 5) is 9.65. The number of hydrogen-bond acceptors (Lipinski definition) is 3. The highest BCUT2D eigenvalue weighted by Gasteiger charge is 2.01. The third-order valence-corrected chi connectivity index (χ3v) is 1.78. The highest BCUT2D eigenvalue weighted by atomic mass is 16.4. The second-order valence-electron chi connectivity index (χ2n) is 3.18. The molecule has 2 rings (SSSR count). The summed E-state index contributed by atoms with van der Waals surface area (Å²) in [6.45, 7) is 1.44. The number of aliphatic hydroxyl groups is 1. The molecule has 0 aromatic heterocycles. The molecule has 3 N–H and O–H groups in total. The first-order valence-electron chi connectivity index (χ1n) is 4.24. The Labute approximate surface area is 80.7 Å². The van der Waals surface area contributed by atoms with Crippen LogP contribution < -0.4 is 0 Å². The van der Waals surface area contributed by atoms with Crippen molar-refractivity contribution in [3.8, 4) is 5.75 Å². The van der Waals surface area contributed by atoms with E-state index in [0.29, 0.717) is 5.75 Å². The van der Waals surface area contributed by atoms with Crippen LogP contribution in [0.15, 0.2) is 18.2 Å². The lowest BCUT2D eigenvalue weighted by Gasteiger charge is -2.02. The molecule has 1 unspecified atom stereocenters. The van der Waals surface area contributed by atoms with Gasteiger partial charge in [0.15, 0.2) is 0 Å². The first-order chi connectivity index (χ1) is 6.50. The Morgan fingerprint density at radius 3 is 2.14 bits per heavy atom. The van der Waals surface area contributed by atoms with Crippen LogP contribution in [0.25, 0.3) is 0 Å². The van der Waals surface area contributed by atoms with Crippen molar-refractivity contribution in [2.75, 3.05) is 0 Å². The molecule has 76 valence electrons. The van der Waals surface area contributed by atoms with Gasteiger partial charge >= 0.3 is 5.97 Å². The summed E-state index contributed by atoms with van der Waals surface area (Å²) in [6, 6.07) is 5.65. The number of aromatic hydroxyl groups is 1. The van der Waals surface area contributed by atoms with E-state index in [-0.39, 0.29) is 6.42 Å². The van der Waals surface area contributed by atoms with Crippen LogP contribution in [0.4, 0.5) is 0 Å². The van der Waals surface area contributed by atoms with Gasteiger partial charge in [0.2, 0.25) is 0 Å². The van der Waals surface area contributed by atoms with Crippen molar-refractivity contribution in [1.82, 2.24) is 0 Å². The van der Waals surface area contributed by atoms with E-state index in [9.17, 15) is 4.79 Å².